The summed E-state index contributed by atoms with van der Waals surface area (Å²) < 4.78 is 2.26. The third-order valence-corrected chi connectivity index (χ3v) is 6.84. The second-order valence-corrected chi connectivity index (χ2v) is 9.41. The SMILES string of the molecule is CC(C)CCn1c(CN2C(=O)C3(CC3)c3cccc(Cl)c32)nc2cc(CN)ccc21. The smallest absolute Gasteiger partial charge is 0.238 e. The molecule has 0 bridgehead atoms. The number of carbonyl (C=O) groups is 1. The summed E-state index contributed by atoms with van der Waals surface area (Å²) >= 11 is 6.58. The van der Waals surface area contributed by atoms with E-state index >= 15 is 0 Å². The van der Waals surface area contributed by atoms with Crippen LogP contribution in [0.3, 0.4) is 0 Å². The first-order chi connectivity index (χ1) is 14.4. The minimum Gasteiger partial charge on any atom is -0.326 e. The van der Waals surface area contributed by atoms with Crippen molar-refractivity contribution in [2.75, 3.05) is 4.90 Å². The van der Waals surface area contributed by atoms with Crippen molar-refractivity contribution < 1.29 is 4.79 Å². The van der Waals surface area contributed by atoms with Crippen LogP contribution in [0.25, 0.3) is 11.0 Å². The summed E-state index contributed by atoms with van der Waals surface area (Å²) in [6.07, 6.45) is 2.85. The van der Waals surface area contributed by atoms with Gasteiger partial charge in [-0.25, -0.2) is 4.98 Å². The molecular weight excluding hydrogens is 396 g/mol. The number of nitrogens with two attached hydrogens (primary N) is 1. The maximum atomic E-state index is 13.4. The van der Waals surface area contributed by atoms with Gasteiger partial charge in [0.15, 0.2) is 0 Å². The lowest BCUT2D eigenvalue weighted by atomic mass is 9.98. The molecule has 3 aromatic rings. The number of benzene rings is 2. The molecule has 5 nitrogen and oxygen atoms in total. The van der Waals surface area contributed by atoms with Crippen molar-refractivity contribution in [2.24, 2.45) is 11.7 Å². The van der Waals surface area contributed by atoms with Gasteiger partial charge in [0.2, 0.25) is 5.91 Å². The van der Waals surface area contributed by atoms with E-state index in [0.29, 0.717) is 24.0 Å². The fourth-order valence-corrected chi connectivity index (χ4v) is 4.94. The van der Waals surface area contributed by atoms with Gasteiger partial charge in [-0.3, -0.25) is 4.79 Å². The number of fused-ring (bicyclic) bond motifs is 3. The van der Waals surface area contributed by atoms with Crippen LogP contribution in [0, 0.1) is 5.92 Å². The van der Waals surface area contributed by atoms with E-state index in [2.05, 4.69) is 42.7 Å². The predicted octanol–water partition coefficient (Wildman–Crippen LogP) is 4.77. The van der Waals surface area contributed by atoms with E-state index in [1.54, 1.807) is 0 Å². The Kier molecular flexibility index (Phi) is 4.64. The van der Waals surface area contributed by atoms with Gasteiger partial charge >= 0.3 is 0 Å². The predicted molar refractivity (Wildman–Crippen MR) is 121 cm³/mol. The Morgan fingerprint density at radius 2 is 2.03 bits per heavy atom. The standard InChI is InChI=1S/C24H27ClN4O/c1-15(2)8-11-28-20-7-6-16(13-26)12-19(20)27-21(28)14-29-22-17(4-3-5-18(22)25)24(9-10-24)23(29)30/h3-7,12,15H,8-11,13-14,26H2,1-2H3. The molecule has 1 amide bonds. The van der Waals surface area contributed by atoms with E-state index in [9.17, 15) is 4.79 Å². The molecule has 1 fully saturated rings. The zero-order valence-electron chi connectivity index (χ0n) is 17.5. The van der Waals surface area contributed by atoms with Crippen LogP contribution in [0.5, 0.6) is 0 Å². The Balaban J connectivity index is 1.58. The molecule has 2 heterocycles. The van der Waals surface area contributed by atoms with E-state index in [0.717, 1.165) is 59.5 Å². The number of anilines is 1. The molecule has 0 atom stereocenters. The summed E-state index contributed by atoms with van der Waals surface area (Å²) in [6, 6.07) is 12.1. The number of carbonyl (C=O) groups excluding carboxylic acids is 1. The van der Waals surface area contributed by atoms with E-state index in [1.807, 2.05) is 17.0 Å². The van der Waals surface area contributed by atoms with Crippen molar-refractivity contribution in [3.63, 3.8) is 0 Å². The molecule has 2 aliphatic rings. The Morgan fingerprint density at radius 3 is 2.73 bits per heavy atom. The number of para-hydroxylation sites is 1. The highest BCUT2D eigenvalue weighted by Crippen LogP contribution is 2.59. The number of nitrogens with zero attached hydrogens (tertiary/aromatic N) is 3. The maximum absolute atomic E-state index is 13.4. The van der Waals surface area contributed by atoms with E-state index in [1.165, 1.54) is 0 Å². The Bertz CT molecular complexity index is 1150. The summed E-state index contributed by atoms with van der Waals surface area (Å²) in [5, 5.41) is 0.639. The number of imidazole rings is 1. The molecule has 2 N–H and O–H groups in total. The van der Waals surface area contributed by atoms with E-state index in [4.69, 9.17) is 22.3 Å². The van der Waals surface area contributed by atoms with Crippen LogP contribution in [-0.2, 0) is 29.8 Å². The van der Waals surface area contributed by atoms with Crippen molar-refractivity contribution in [3.05, 3.63) is 58.4 Å². The topological polar surface area (TPSA) is 64.2 Å². The number of hydrogen-bond acceptors (Lipinski definition) is 3. The van der Waals surface area contributed by atoms with Gasteiger partial charge in [0.25, 0.3) is 0 Å². The number of aryl methyl sites for hydroxylation is 1. The fourth-order valence-electron chi connectivity index (χ4n) is 4.66. The largest absolute Gasteiger partial charge is 0.326 e. The van der Waals surface area contributed by atoms with E-state index in [-0.39, 0.29) is 11.3 Å². The molecule has 156 valence electrons. The lowest BCUT2D eigenvalue weighted by Gasteiger charge is -2.20. The van der Waals surface area contributed by atoms with Crippen molar-refractivity contribution in [2.45, 2.75) is 58.2 Å². The van der Waals surface area contributed by atoms with E-state index < -0.39 is 0 Å². The number of aromatic nitrogens is 2. The van der Waals surface area contributed by atoms with Gasteiger partial charge in [0, 0.05) is 13.1 Å². The molecule has 0 saturated heterocycles. The van der Waals surface area contributed by atoms with Crippen LogP contribution in [0.4, 0.5) is 5.69 Å². The van der Waals surface area contributed by atoms with Crippen LogP contribution < -0.4 is 10.6 Å². The van der Waals surface area contributed by atoms with Gasteiger partial charge in [0.05, 0.1) is 33.7 Å². The molecule has 5 rings (SSSR count). The summed E-state index contributed by atoms with van der Waals surface area (Å²) in [7, 11) is 0. The highest BCUT2D eigenvalue weighted by atomic mass is 35.5. The molecule has 30 heavy (non-hydrogen) atoms. The average Bonchev–Trinajstić information content (AvgIpc) is 3.41. The summed E-state index contributed by atoms with van der Waals surface area (Å²) in [5.74, 6) is 1.64. The van der Waals surface area contributed by atoms with Gasteiger partial charge in [-0.15, -0.1) is 0 Å². The second-order valence-electron chi connectivity index (χ2n) is 9.00. The van der Waals surface area contributed by atoms with Crippen LogP contribution >= 0.6 is 11.6 Å². The Hall–Kier alpha value is -2.37. The highest BCUT2D eigenvalue weighted by molar-refractivity contribution is 6.35. The molecule has 6 heteroatoms. The minimum absolute atomic E-state index is 0.163. The Labute approximate surface area is 181 Å². The zero-order valence-corrected chi connectivity index (χ0v) is 18.2. The van der Waals surface area contributed by atoms with Gasteiger partial charge in [0.1, 0.15) is 5.82 Å². The maximum Gasteiger partial charge on any atom is 0.238 e. The third kappa shape index (κ3) is 2.95. The molecular formula is C24H27ClN4O. The number of halogens is 1. The summed E-state index contributed by atoms with van der Waals surface area (Å²) in [4.78, 5) is 20.2. The zero-order chi connectivity index (χ0) is 21.0. The number of rotatable bonds is 6. The van der Waals surface area contributed by atoms with Crippen molar-refractivity contribution in [1.82, 2.24) is 9.55 Å². The molecule has 1 aliphatic heterocycles. The lowest BCUT2D eigenvalue weighted by molar-refractivity contribution is -0.120. The molecule has 2 aromatic carbocycles. The van der Waals surface area contributed by atoms with Crippen molar-refractivity contribution in [3.8, 4) is 0 Å². The number of amides is 1. The molecule has 1 spiro atoms. The molecule has 0 unspecified atom stereocenters. The minimum atomic E-state index is -0.359. The molecule has 0 radical (unpaired) electrons. The second kappa shape index (κ2) is 7.10. The first-order valence-electron chi connectivity index (χ1n) is 10.7. The first-order valence-corrected chi connectivity index (χ1v) is 11.1. The number of hydrogen-bond donors (Lipinski definition) is 1. The van der Waals surface area contributed by atoms with Crippen LogP contribution in [-0.4, -0.2) is 15.5 Å². The summed E-state index contributed by atoms with van der Waals surface area (Å²) in [5.41, 5.74) is 10.5. The highest BCUT2D eigenvalue weighted by Gasteiger charge is 2.59. The van der Waals surface area contributed by atoms with Gasteiger partial charge in [-0.1, -0.05) is 43.6 Å². The average molecular weight is 423 g/mol. The quantitative estimate of drug-likeness (QED) is 0.622. The first kappa shape index (κ1) is 19.6. The van der Waals surface area contributed by atoms with Gasteiger partial charge in [-0.2, -0.15) is 0 Å². The van der Waals surface area contributed by atoms with Crippen molar-refractivity contribution >= 4 is 34.2 Å². The molecule has 1 aromatic heterocycles. The lowest BCUT2D eigenvalue weighted by Crippen LogP contribution is -2.32. The normalized spacial score (nSPS) is 16.8. The van der Waals surface area contributed by atoms with Crippen LogP contribution in [0.2, 0.25) is 5.02 Å². The van der Waals surface area contributed by atoms with Gasteiger partial charge in [-0.05, 0) is 54.5 Å². The summed E-state index contributed by atoms with van der Waals surface area (Å²) in [6.45, 7) is 6.24. The Morgan fingerprint density at radius 1 is 1.23 bits per heavy atom. The fraction of sp³-hybridized carbons (Fsp3) is 0.417. The van der Waals surface area contributed by atoms with Crippen molar-refractivity contribution in [1.29, 1.82) is 0 Å². The molecule has 1 saturated carbocycles. The van der Waals surface area contributed by atoms with Gasteiger partial charge < -0.3 is 15.2 Å². The third-order valence-electron chi connectivity index (χ3n) is 6.53. The monoisotopic (exact) mass is 422 g/mol. The van der Waals surface area contributed by atoms with Crippen LogP contribution in [0.1, 0.15) is 50.1 Å². The van der Waals surface area contributed by atoms with Crippen LogP contribution in [0.15, 0.2) is 36.4 Å². The molecule has 1 aliphatic carbocycles.